The lowest BCUT2D eigenvalue weighted by Crippen LogP contribution is -2.45. The Kier molecular flexibility index (Phi) is 7.78. The lowest BCUT2D eigenvalue weighted by Gasteiger charge is -2.40. The smallest absolute Gasteiger partial charge is 0.226 e. The number of aromatic nitrogens is 1. The molecule has 1 N–H and O–H groups in total. The molecular weight excluding hydrogens is 478 g/mol. The van der Waals surface area contributed by atoms with Gasteiger partial charge in [-0.15, -0.1) is 0 Å². The van der Waals surface area contributed by atoms with Crippen LogP contribution in [0.3, 0.4) is 0 Å². The van der Waals surface area contributed by atoms with Crippen LogP contribution in [0.2, 0.25) is 18.1 Å². The average Bonchev–Trinajstić information content (AvgIpc) is 3.08. The van der Waals surface area contributed by atoms with Crippen molar-refractivity contribution < 1.29 is 14.0 Å². The highest BCUT2D eigenvalue weighted by Gasteiger charge is 2.51. The third-order valence-electron chi connectivity index (χ3n) is 9.20. The fourth-order valence-electron chi connectivity index (χ4n) is 4.97. The summed E-state index contributed by atoms with van der Waals surface area (Å²) in [4.78, 5) is 20.0. The minimum atomic E-state index is -1.89. The fourth-order valence-corrected chi connectivity index (χ4v) is 6.02. The zero-order chi connectivity index (χ0) is 27.0. The van der Waals surface area contributed by atoms with Crippen molar-refractivity contribution in [3.8, 4) is 5.88 Å². The van der Waals surface area contributed by atoms with Crippen molar-refractivity contribution in [2.75, 3.05) is 31.1 Å². The second-order valence-corrected chi connectivity index (χ2v) is 17.5. The summed E-state index contributed by atoms with van der Waals surface area (Å²) in [5, 5.41) is 3.27. The maximum absolute atomic E-state index is 13.1. The van der Waals surface area contributed by atoms with Crippen molar-refractivity contribution in [2.24, 2.45) is 11.3 Å². The molecule has 1 aromatic carbocycles. The van der Waals surface area contributed by atoms with E-state index < -0.39 is 13.7 Å². The Labute approximate surface area is 224 Å². The molecule has 2 aliphatic rings. The standard InChI is InChI=1S/C30H45N3O3Si/c1-21-16-26(33-14-9-15-33)17-27(32-21)35-19-23-10-12-24(13-11-23)22(2)30(6)25(18-31-28(30)34)20-36-37(7,8)29(3,4)5/h10-13,16-17,22,25H,9,14-15,18-20H2,1-8H3,(H,31,34)/t22-,25-,30-/m1/s1. The van der Waals surface area contributed by atoms with Crippen LogP contribution in [0.15, 0.2) is 36.4 Å². The predicted molar refractivity (Wildman–Crippen MR) is 153 cm³/mol. The fraction of sp³-hybridized carbons (Fsp3) is 0.600. The van der Waals surface area contributed by atoms with Crippen LogP contribution in [-0.4, -0.2) is 45.4 Å². The Morgan fingerprint density at radius 1 is 1.19 bits per heavy atom. The van der Waals surface area contributed by atoms with Crippen LogP contribution in [0.5, 0.6) is 5.88 Å². The van der Waals surface area contributed by atoms with Crippen LogP contribution < -0.4 is 15.0 Å². The summed E-state index contributed by atoms with van der Waals surface area (Å²) >= 11 is 0. The number of benzene rings is 1. The van der Waals surface area contributed by atoms with Gasteiger partial charge < -0.3 is 19.4 Å². The Morgan fingerprint density at radius 2 is 1.86 bits per heavy atom. The van der Waals surface area contributed by atoms with Crippen LogP contribution in [-0.2, 0) is 15.8 Å². The third-order valence-corrected chi connectivity index (χ3v) is 13.7. The van der Waals surface area contributed by atoms with E-state index in [2.05, 4.69) is 93.2 Å². The van der Waals surface area contributed by atoms with E-state index in [1.807, 2.05) is 13.0 Å². The van der Waals surface area contributed by atoms with Gasteiger partial charge in [-0.05, 0) is 61.5 Å². The molecule has 0 radical (unpaired) electrons. The number of amides is 1. The maximum Gasteiger partial charge on any atom is 0.226 e. The van der Waals surface area contributed by atoms with Gasteiger partial charge in [0, 0.05) is 49.6 Å². The summed E-state index contributed by atoms with van der Waals surface area (Å²) in [6.45, 7) is 21.6. The highest BCUT2D eigenvalue weighted by molar-refractivity contribution is 6.74. The second kappa shape index (κ2) is 10.4. The molecule has 3 atom stereocenters. The van der Waals surface area contributed by atoms with E-state index in [1.54, 1.807) is 0 Å². The number of nitrogens with zero attached hydrogens (tertiary/aromatic N) is 2. The minimum Gasteiger partial charge on any atom is -0.473 e. The van der Waals surface area contributed by atoms with Gasteiger partial charge in [0.25, 0.3) is 0 Å². The van der Waals surface area contributed by atoms with Gasteiger partial charge in [-0.3, -0.25) is 4.79 Å². The summed E-state index contributed by atoms with van der Waals surface area (Å²) in [6, 6.07) is 12.6. The predicted octanol–water partition coefficient (Wildman–Crippen LogP) is 6.06. The van der Waals surface area contributed by atoms with Gasteiger partial charge in [0.05, 0.1) is 5.41 Å². The van der Waals surface area contributed by atoms with Crippen LogP contribution in [0.4, 0.5) is 5.69 Å². The highest BCUT2D eigenvalue weighted by Crippen LogP contribution is 2.46. The quantitative estimate of drug-likeness (QED) is 0.405. The van der Waals surface area contributed by atoms with Crippen molar-refractivity contribution in [3.63, 3.8) is 0 Å². The lowest BCUT2D eigenvalue weighted by atomic mass is 9.68. The molecule has 6 nitrogen and oxygen atoms in total. The third kappa shape index (κ3) is 5.72. The Balaban J connectivity index is 1.41. The molecule has 2 aromatic rings. The zero-order valence-corrected chi connectivity index (χ0v) is 25.0. The van der Waals surface area contributed by atoms with Crippen molar-refractivity contribution >= 4 is 19.9 Å². The van der Waals surface area contributed by atoms with Crippen molar-refractivity contribution in [1.29, 1.82) is 0 Å². The number of hydrogen-bond donors (Lipinski definition) is 1. The van der Waals surface area contributed by atoms with Gasteiger partial charge in [-0.1, -0.05) is 52.0 Å². The van der Waals surface area contributed by atoms with Crippen LogP contribution in [0.1, 0.15) is 63.8 Å². The molecule has 0 saturated carbocycles. The average molecular weight is 524 g/mol. The number of rotatable bonds is 9. The Morgan fingerprint density at radius 3 is 2.46 bits per heavy atom. The van der Waals surface area contributed by atoms with E-state index in [0.29, 0.717) is 25.6 Å². The number of anilines is 1. The summed E-state index contributed by atoms with van der Waals surface area (Å²) in [7, 11) is -1.89. The second-order valence-electron chi connectivity index (χ2n) is 12.7. The molecule has 7 heteroatoms. The highest BCUT2D eigenvalue weighted by atomic mass is 28.4. The number of pyridine rings is 1. The zero-order valence-electron chi connectivity index (χ0n) is 24.0. The summed E-state index contributed by atoms with van der Waals surface area (Å²) in [5.41, 5.74) is 3.89. The molecule has 0 aliphatic carbocycles. The Bertz CT molecular complexity index is 1110. The SMILES string of the molecule is Cc1cc(N2CCC2)cc(OCc2ccc([C@@H](C)[C@@]3(C)C(=O)NC[C@@H]3CO[Si](C)(C)C(C)(C)C)cc2)n1. The van der Waals surface area contributed by atoms with Crippen molar-refractivity contribution in [2.45, 2.75) is 78.6 Å². The monoisotopic (exact) mass is 523 g/mol. The molecule has 1 amide bonds. The molecule has 2 saturated heterocycles. The van der Waals surface area contributed by atoms with Gasteiger partial charge >= 0.3 is 0 Å². The van der Waals surface area contributed by atoms with Crippen LogP contribution in [0, 0.1) is 18.3 Å². The Hall–Kier alpha value is -2.38. The number of ether oxygens (including phenoxy) is 1. The number of aryl methyl sites for hydroxylation is 1. The number of hydrogen-bond acceptors (Lipinski definition) is 5. The molecule has 37 heavy (non-hydrogen) atoms. The van der Waals surface area contributed by atoms with Crippen molar-refractivity contribution in [3.05, 3.63) is 53.2 Å². The first-order valence-electron chi connectivity index (χ1n) is 13.7. The first kappa shape index (κ1) is 27.6. The largest absolute Gasteiger partial charge is 0.473 e. The van der Waals surface area contributed by atoms with Crippen LogP contribution in [0.25, 0.3) is 0 Å². The molecule has 0 unspecified atom stereocenters. The molecule has 2 aliphatic heterocycles. The van der Waals surface area contributed by atoms with Gasteiger partial charge in [0.15, 0.2) is 8.32 Å². The van der Waals surface area contributed by atoms with E-state index >= 15 is 0 Å². The van der Waals surface area contributed by atoms with E-state index in [4.69, 9.17) is 9.16 Å². The maximum atomic E-state index is 13.1. The van der Waals surface area contributed by atoms with E-state index in [1.165, 1.54) is 12.1 Å². The van der Waals surface area contributed by atoms with Gasteiger partial charge in [-0.25, -0.2) is 4.98 Å². The van der Waals surface area contributed by atoms with Gasteiger partial charge in [0.2, 0.25) is 11.8 Å². The molecular formula is C30H45N3O3Si. The van der Waals surface area contributed by atoms with Gasteiger partial charge in [0.1, 0.15) is 6.61 Å². The van der Waals surface area contributed by atoms with E-state index in [-0.39, 0.29) is 22.8 Å². The van der Waals surface area contributed by atoms with E-state index in [0.717, 1.165) is 29.9 Å². The summed E-state index contributed by atoms with van der Waals surface area (Å²) in [6.07, 6.45) is 1.24. The topological polar surface area (TPSA) is 63.7 Å². The first-order chi connectivity index (χ1) is 17.3. The molecule has 1 aromatic heterocycles. The van der Waals surface area contributed by atoms with E-state index in [9.17, 15) is 4.79 Å². The minimum absolute atomic E-state index is 0.0653. The normalized spacial score (nSPS) is 23.0. The number of carbonyl (C=O) groups excluding carboxylic acids is 1. The van der Waals surface area contributed by atoms with Crippen LogP contribution >= 0.6 is 0 Å². The summed E-state index contributed by atoms with van der Waals surface area (Å²) in [5.74, 6) is 0.995. The number of carbonyl (C=O) groups is 1. The van der Waals surface area contributed by atoms with Gasteiger partial charge in [-0.2, -0.15) is 0 Å². The van der Waals surface area contributed by atoms with Crippen molar-refractivity contribution in [1.82, 2.24) is 10.3 Å². The molecule has 202 valence electrons. The number of nitrogens with one attached hydrogen (secondary N) is 1. The molecule has 4 rings (SSSR count). The lowest BCUT2D eigenvalue weighted by molar-refractivity contribution is -0.129. The first-order valence-corrected chi connectivity index (χ1v) is 16.6. The molecule has 3 heterocycles. The molecule has 0 bridgehead atoms. The molecule has 0 spiro atoms. The summed E-state index contributed by atoms with van der Waals surface area (Å²) < 4.78 is 12.6. The molecule has 2 fully saturated rings.